The number of ether oxygens (including phenoxy) is 1. The van der Waals surface area contributed by atoms with E-state index in [2.05, 4.69) is 24.4 Å². The van der Waals surface area contributed by atoms with Crippen LogP contribution in [0.4, 0.5) is 10.5 Å². The van der Waals surface area contributed by atoms with Gasteiger partial charge in [-0.25, -0.2) is 4.79 Å². The summed E-state index contributed by atoms with van der Waals surface area (Å²) in [6.07, 6.45) is 1.34. The van der Waals surface area contributed by atoms with Gasteiger partial charge in [-0.15, -0.1) is 0 Å². The summed E-state index contributed by atoms with van der Waals surface area (Å²) in [5, 5.41) is 3.41. The van der Waals surface area contributed by atoms with Crippen LogP contribution >= 0.6 is 0 Å². The molecule has 0 aliphatic carbocycles. The van der Waals surface area contributed by atoms with E-state index >= 15 is 0 Å². The quantitative estimate of drug-likeness (QED) is 0.785. The molecule has 1 atom stereocenters. The molecule has 4 rings (SSSR count). The Morgan fingerprint density at radius 3 is 2.57 bits per heavy atom. The molecule has 6 heteroatoms. The number of benzene rings is 2. The van der Waals surface area contributed by atoms with Crippen molar-refractivity contribution in [2.45, 2.75) is 58.7 Å². The van der Waals surface area contributed by atoms with Crippen molar-refractivity contribution >= 4 is 17.7 Å². The van der Waals surface area contributed by atoms with Gasteiger partial charge in [-0.05, 0) is 74.4 Å². The second kappa shape index (κ2) is 7.35. The first-order chi connectivity index (χ1) is 14.1. The van der Waals surface area contributed by atoms with E-state index in [1.54, 1.807) is 4.90 Å². The third-order valence-corrected chi connectivity index (χ3v) is 5.69. The Hall–Kier alpha value is -3.02. The van der Waals surface area contributed by atoms with Gasteiger partial charge in [-0.1, -0.05) is 24.3 Å². The Morgan fingerprint density at radius 2 is 1.87 bits per heavy atom. The number of anilines is 1. The normalized spacial score (nSPS) is 17.7. The molecule has 2 amide bonds. The summed E-state index contributed by atoms with van der Waals surface area (Å²) < 4.78 is 5.55. The van der Waals surface area contributed by atoms with E-state index in [1.165, 1.54) is 11.1 Å². The highest BCUT2D eigenvalue weighted by molar-refractivity contribution is 6.01. The van der Waals surface area contributed by atoms with E-state index in [0.717, 1.165) is 35.2 Å². The van der Waals surface area contributed by atoms with Crippen molar-refractivity contribution in [3.63, 3.8) is 0 Å². The predicted molar refractivity (Wildman–Crippen MR) is 118 cm³/mol. The molecule has 0 radical (unpaired) electrons. The van der Waals surface area contributed by atoms with E-state index in [4.69, 9.17) is 10.5 Å². The van der Waals surface area contributed by atoms with Crippen molar-refractivity contribution in [2.24, 2.45) is 5.73 Å². The molecule has 0 saturated heterocycles. The van der Waals surface area contributed by atoms with E-state index in [9.17, 15) is 9.59 Å². The molecule has 158 valence electrons. The maximum absolute atomic E-state index is 12.5. The summed E-state index contributed by atoms with van der Waals surface area (Å²) in [7, 11) is 0. The number of fused-ring (bicyclic) bond motifs is 2. The van der Waals surface area contributed by atoms with E-state index in [0.29, 0.717) is 18.7 Å². The third kappa shape index (κ3) is 3.74. The van der Waals surface area contributed by atoms with Gasteiger partial charge in [0.15, 0.2) is 0 Å². The number of carbonyl (C=O) groups excluding carboxylic acids is 2. The molecule has 30 heavy (non-hydrogen) atoms. The van der Waals surface area contributed by atoms with Gasteiger partial charge in [0.05, 0.1) is 11.3 Å². The van der Waals surface area contributed by atoms with Crippen LogP contribution in [0.5, 0.6) is 0 Å². The minimum atomic E-state index is -0.508. The second-order valence-electron chi connectivity index (χ2n) is 9.22. The van der Waals surface area contributed by atoms with Crippen LogP contribution in [0.1, 0.15) is 54.7 Å². The number of carbonyl (C=O) groups is 2. The minimum Gasteiger partial charge on any atom is -0.444 e. The smallest absolute Gasteiger partial charge is 0.410 e. The first-order valence-electron chi connectivity index (χ1n) is 10.5. The molecular weight excluding hydrogens is 378 g/mol. The Bertz CT molecular complexity index is 1020. The fourth-order valence-electron chi connectivity index (χ4n) is 4.43. The Balaban J connectivity index is 1.70. The molecule has 2 aliphatic heterocycles. The van der Waals surface area contributed by atoms with E-state index in [-0.39, 0.29) is 12.1 Å². The zero-order valence-electron chi connectivity index (χ0n) is 18.0. The number of primary amides is 1. The lowest BCUT2D eigenvalue weighted by atomic mass is 9.87. The summed E-state index contributed by atoms with van der Waals surface area (Å²) in [5.74, 6) is -0.414. The van der Waals surface area contributed by atoms with Crippen LogP contribution < -0.4 is 11.1 Å². The van der Waals surface area contributed by atoms with E-state index in [1.807, 2.05) is 39.0 Å². The largest absolute Gasteiger partial charge is 0.444 e. The highest BCUT2D eigenvalue weighted by Gasteiger charge is 2.29. The lowest BCUT2D eigenvalue weighted by molar-refractivity contribution is 0.0224. The van der Waals surface area contributed by atoms with Crippen LogP contribution in [-0.4, -0.2) is 35.1 Å². The molecule has 2 aliphatic rings. The summed E-state index contributed by atoms with van der Waals surface area (Å²) in [6, 6.07) is 10.3. The molecule has 0 bridgehead atoms. The molecule has 0 spiro atoms. The average Bonchev–Trinajstić information content (AvgIpc) is 3.06. The third-order valence-electron chi connectivity index (χ3n) is 5.69. The van der Waals surface area contributed by atoms with Gasteiger partial charge in [0.25, 0.3) is 5.91 Å². The lowest BCUT2D eigenvalue weighted by Crippen LogP contribution is -2.40. The lowest BCUT2D eigenvalue weighted by Gasteiger charge is -2.32. The van der Waals surface area contributed by atoms with Crippen LogP contribution in [0.15, 0.2) is 30.3 Å². The van der Waals surface area contributed by atoms with Crippen molar-refractivity contribution in [1.82, 2.24) is 4.90 Å². The summed E-state index contributed by atoms with van der Waals surface area (Å²) in [6.45, 7) is 8.90. The molecule has 2 heterocycles. The van der Waals surface area contributed by atoms with Gasteiger partial charge in [-0.3, -0.25) is 4.79 Å². The zero-order valence-corrected chi connectivity index (χ0v) is 18.0. The number of nitrogens with zero attached hydrogens (tertiary/aromatic N) is 1. The summed E-state index contributed by atoms with van der Waals surface area (Å²) >= 11 is 0. The Morgan fingerprint density at radius 1 is 1.13 bits per heavy atom. The average molecular weight is 408 g/mol. The maximum atomic E-state index is 12.5. The van der Waals surface area contributed by atoms with Crippen LogP contribution in [0.2, 0.25) is 0 Å². The van der Waals surface area contributed by atoms with Crippen LogP contribution in [0, 0.1) is 0 Å². The number of nitrogens with one attached hydrogen (secondary N) is 1. The first-order valence-corrected chi connectivity index (χ1v) is 10.5. The Labute approximate surface area is 177 Å². The van der Waals surface area contributed by atoms with Crippen molar-refractivity contribution in [3.05, 3.63) is 52.6 Å². The minimum absolute atomic E-state index is 0.251. The number of hydrogen-bond acceptors (Lipinski definition) is 4. The zero-order chi connectivity index (χ0) is 21.6. The molecular formula is C24H29N3O3. The second-order valence-corrected chi connectivity index (χ2v) is 9.22. The van der Waals surface area contributed by atoms with Crippen molar-refractivity contribution in [3.8, 4) is 11.1 Å². The summed E-state index contributed by atoms with van der Waals surface area (Å²) in [5.41, 5.74) is 12.3. The van der Waals surface area contributed by atoms with Crippen molar-refractivity contribution in [2.75, 3.05) is 11.9 Å². The van der Waals surface area contributed by atoms with Gasteiger partial charge in [0.2, 0.25) is 0 Å². The van der Waals surface area contributed by atoms with Gasteiger partial charge in [0, 0.05) is 19.1 Å². The van der Waals surface area contributed by atoms with Gasteiger partial charge in [0.1, 0.15) is 5.60 Å². The van der Waals surface area contributed by atoms with Crippen LogP contribution in [0.3, 0.4) is 0 Å². The van der Waals surface area contributed by atoms with Crippen LogP contribution in [0.25, 0.3) is 11.1 Å². The number of rotatable bonds is 2. The molecule has 0 saturated carbocycles. The first kappa shape index (κ1) is 20.3. The summed E-state index contributed by atoms with van der Waals surface area (Å²) in [4.78, 5) is 26.2. The molecule has 6 nitrogen and oxygen atoms in total. The van der Waals surface area contributed by atoms with E-state index < -0.39 is 11.5 Å². The fourth-order valence-corrected chi connectivity index (χ4v) is 4.43. The number of hydrogen-bond donors (Lipinski definition) is 2. The molecule has 2 aromatic carbocycles. The highest BCUT2D eigenvalue weighted by atomic mass is 16.6. The van der Waals surface area contributed by atoms with Gasteiger partial charge in [-0.2, -0.15) is 0 Å². The fraction of sp³-hybridized carbons (Fsp3) is 0.417. The Kier molecular flexibility index (Phi) is 4.96. The number of nitrogens with two attached hydrogens (primary N) is 1. The maximum Gasteiger partial charge on any atom is 0.410 e. The topological polar surface area (TPSA) is 84.7 Å². The van der Waals surface area contributed by atoms with Crippen LogP contribution in [-0.2, 0) is 24.1 Å². The number of amides is 2. The molecule has 0 fully saturated rings. The molecule has 2 aromatic rings. The predicted octanol–water partition coefficient (Wildman–Crippen LogP) is 4.10. The SMILES string of the molecule is CC1Cc2c(-c3cccc4c3CCN(C(=O)OC(C)(C)C)C4)ccc(C(N)=O)c2N1. The van der Waals surface area contributed by atoms with Gasteiger partial charge >= 0.3 is 6.09 Å². The molecule has 1 unspecified atom stereocenters. The van der Waals surface area contributed by atoms with Crippen molar-refractivity contribution < 1.29 is 14.3 Å². The van der Waals surface area contributed by atoms with Crippen molar-refractivity contribution in [1.29, 1.82) is 0 Å². The molecule has 3 N–H and O–H groups in total. The highest BCUT2D eigenvalue weighted by Crippen LogP contribution is 2.40. The molecule has 0 aromatic heterocycles. The van der Waals surface area contributed by atoms with Gasteiger partial charge < -0.3 is 20.7 Å². The monoisotopic (exact) mass is 407 g/mol. The standard InChI is InChI=1S/C24H29N3O3/c1-14-12-20-18(8-9-19(22(25)28)21(20)26-14)17-7-5-6-15-13-27(11-10-16(15)17)23(29)30-24(2,3)4/h5-9,14,26H,10-13H2,1-4H3,(H2,25,28).